The van der Waals surface area contributed by atoms with Gasteiger partial charge in [-0.25, -0.2) is 9.79 Å². The Labute approximate surface area is 164 Å². The Morgan fingerprint density at radius 1 is 1.04 bits per heavy atom. The van der Waals surface area contributed by atoms with Crippen molar-refractivity contribution in [3.8, 4) is 17.2 Å². The van der Waals surface area contributed by atoms with Crippen LogP contribution in [0.25, 0.3) is 6.08 Å². The molecule has 28 heavy (non-hydrogen) atoms. The summed E-state index contributed by atoms with van der Waals surface area (Å²) in [6, 6.07) is 12.7. The Hall–Kier alpha value is -3.28. The van der Waals surface area contributed by atoms with Crippen LogP contribution in [0.1, 0.15) is 30.9 Å². The van der Waals surface area contributed by atoms with E-state index in [1.54, 1.807) is 32.4 Å². The fourth-order valence-electron chi connectivity index (χ4n) is 2.66. The van der Waals surface area contributed by atoms with Gasteiger partial charge >= 0.3 is 5.97 Å². The Balaban J connectivity index is 1.78. The van der Waals surface area contributed by atoms with Crippen molar-refractivity contribution in [2.24, 2.45) is 4.99 Å². The van der Waals surface area contributed by atoms with Gasteiger partial charge in [0, 0.05) is 5.56 Å². The highest BCUT2D eigenvalue weighted by molar-refractivity contribution is 6.12. The molecule has 0 unspecified atom stereocenters. The van der Waals surface area contributed by atoms with Gasteiger partial charge in [0.1, 0.15) is 5.75 Å². The summed E-state index contributed by atoms with van der Waals surface area (Å²) in [4.78, 5) is 16.5. The number of nitrogens with zero attached hydrogens (tertiary/aromatic N) is 1. The summed E-state index contributed by atoms with van der Waals surface area (Å²) in [5.41, 5.74) is 1.70. The minimum atomic E-state index is -0.493. The van der Waals surface area contributed by atoms with Crippen molar-refractivity contribution < 1.29 is 23.7 Å². The van der Waals surface area contributed by atoms with Crippen LogP contribution in [0.2, 0.25) is 0 Å². The Morgan fingerprint density at radius 3 is 2.46 bits per heavy atom. The molecule has 0 spiro atoms. The number of benzene rings is 2. The number of methoxy groups -OCH3 is 2. The zero-order valence-corrected chi connectivity index (χ0v) is 16.2. The van der Waals surface area contributed by atoms with E-state index < -0.39 is 5.97 Å². The van der Waals surface area contributed by atoms with Gasteiger partial charge in [-0.3, -0.25) is 0 Å². The van der Waals surface area contributed by atoms with Crippen LogP contribution in [0.15, 0.2) is 53.2 Å². The molecular weight excluding hydrogens is 358 g/mol. The molecule has 0 fully saturated rings. The van der Waals surface area contributed by atoms with Gasteiger partial charge < -0.3 is 18.9 Å². The van der Waals surface area contributed by atoms with Crippen molar-refractivity contribution in [3.63, 3.8) is 0 Å². The van der Waals surface area contributed by atoms with Crippen molar-refractivity contribution in [2.75, 3.05) is 20.8 Å². The molecule has 1 aliphatic heterocycles. The van der Waals surface area contributed by atoms with Crippen molar-refractivity contribution >= 4 is 17.9 Å². The lowest BCUT2D eigenvalue weighted by atomic mass is 10.1. The molecule has 0 bridgehead atoms. The normalized spacial score (nSPS) is 14.6. The monoisotopic (exact) mass is 381 g/mol. The molecule has 1 heterocycles. The van der Waals surface area contributed by atoms with E-state index in [4.69, 9.17) is 18.9 Å². The predicted molar refractivity (Wildman–Crippen MR) is 107 cm³/mol. The number of ether oxygens (including phenoxy) is 4. The summed E-state index contributed by atoms with van der Waals surface area (Å²) in [5.74, 6) is 1.75. The number of carbonyl (C=O) groups excluding carboxylic acids is 1. The van der Waals surface area contributed by atoms with Crippen LogP contribution in [0.5, 0.6) is 17.2 Å². The maximum atomic E-state index is 12.2. The minimum absolute atomic E-state index is 0.227. The van der Waals surface area contributed by atoms with E-state index in [1.165, 1.54) is 0 Å². The number of unbranched alkanes of at least 4 members (excludes halogenated alkanes) is 1. The molecule has 0 saturated carbocycles. The van der Waals surface area contributed by atoms with Crippen LogP contribution >= 0.6 is 0 Å². The third-order valence-electron chi connectivity index (χ3n) is 4.20. The summed E-state index contributed by atoms with van der Waals surface area (Å²) < 4.78 is 21.5. The molecule has 0 N–H and O–H groups in total. The number of carbonyl (C=O) groups is 1. The first kappa shape index (κ1) is 19.5. The SMILES string of the molecule is CCCCOc1ccc(C2=N/C(=C\c3ccc(OC)c(OC)c3)C(=O)O2)cc1. The number of esters is 1. The molecule has 0 amide bonds. The lowest BCUT2D eigenvalue weighted by Crippen LogP contribution is -2.05. The number of rotatable bonds is 8. The minimum Gasteiger partial charge on any atom is -0.494 e. The van der Waals surface area contributed by atoms with E-state index in [-0.39, 0.29) is 11.6 Å². The van der Waals surface area contributed by atoms with E-state index in [2.05, 4.69) is 11.9 Å². The van der Waals surface area contributed by atoms with Crippen molar-refractivity contribution in [1.29, 1.82) is 0 Å². The smallest absolute Gasteiger partial charge is 0.363 e. The quantitative estimate of drug-likeness (QED) is 0.389. The van der Waals surface area contributed by atoms with Crippen LogP contribution in [-0.2, 0) is 9.53 Å². The number of hydrogen-bond acceptors (Lipinski definition) is 6. The summed E-state index contributed by atoms with van der Waals surface area (Å²) >= 11 is 0. The molecular formula is C22H23NO5. The van der Waals surface area contributed by atoms with Gasteiger partial charge in [-0.15, -0.1) is 0 Å². The van der Waals surface area contributed by atoms with Crippen molar-refractivity contribution in [3.05, 3.63) is 59.3 Å². The first-order valence-electron chi connectivity index (χ1n) is 9.12. The predicted octanol–water partition coefficient (Wildman–Crippen LogP) is 4.23. The maximum absolute atomic E-state index is 12.2. The van der Waals surface area contributed by atoms with Gasteiger partial charge in [-0.1, -0.05) is 19.4 Å². The average Bonchev–Trinajstić information content (AvgIpc) is 3.09. The second kappa shape index (κ2) is 9.08. The van der Waals surface area contributed by atoms with Crippen molar-refractivity contribution in [2.45, 2.75) is 19.8 Å². The molecule has 0 aromatic heterocycles. The van der Waals surface area contributed by atoms with Crippen LogP contribution in [0.3, 0.4) is 0 Å². The van der Waals surface area contributed by atoms with E-state index in [0.29, 0.717) is 23.7 Å². The summed E-state index contributed by atoms with van der Waals surface area (Å²) in [6.45, 7) is 2.80. The van der Waals surface area contributed by atoms with Crippen molar-refractivity contribution in [1.82, 2.24) is 0 Å². The van der Waals surface area contributed by atoms with E-state index in [1.807, 2.05) is 30.3 Å². The van der Waals surface area contributed by atoms with E-state index in [0.717, 1.165) is 24.2 Å². The Morgan fingerprint density at radius 2 is 1.79 bits per heavy atom. The molecule has 0 saturated heterocycles. The largest absolute Gasteiger partial charge is 0.494 e. The first-order chi connectivity index (χ1) is 13.6. The highest BCUT2D eigenvalue weighted by Crippen LogP contribution is 2.29. The number of cyclic esters (lactones) is 1. The standard InChI is InChI=1S/C22H23NO5/c1-4-5-12-27-17-9-7-16(8-10-17)21-23-18(22(24)28-21)13-15-6-11-19(25-2)20(14-15)26-3/h6-11,13-14H,4-5,12H2,1-3H3/b18-13-. The third kappa shape index (κ3) is 4.52. The second-order valence-electron chi connectivity index (χ2n) is 6.18. The van der Waals surface area contributed by atoms with Crippen LogP contribution in [0, 0.1) is 0 Å². The van der Waals surface area contributed by atoms with Gasteiger partial charge in [-0.05, 0) is 54.5 Å². The fraction of sp³-hybridized carbons (Fsp3) is 0.273. The van der Waals surface area contributed by atoms with E-state index >= 15 is 0 Å². The number of aliphatic imine (C=N–C) groups is 1. The summed E-state index contributed by atoms with van der Waals surface area (Å²) in [7, 11) is 3.13. The number of hydrogen-bond donors (Lipinski definition) is 0. The Kier molecular flexibility index (Phi) is 6.32. The summed E-state index contributed by atoms with van der Waals surface area (Å²) in [5, 5.41) is 0. The molecule has 0 atom stereocenters. The lowest BCUT2D eigenvalue weighted by Gasteiger charge is -2.07. The van der Waals surface area contributed by atoms with Gasteiger partial charge in [0.15, 0.2) is 17.2 Å². The van der Waals surface area contributed by atoms with Gasteiger partial charge in [0.05, 0.1) is 20.8 Å². The van der Waals surface area contributed by atoms with Crippen LogP contribution in [-0.4, -0.2) is 32.7 Å². The van der Waals surface area contributed by atoms with Gasteiger partial charge in [0.25, 0.3) is 0 Å². The van der Waals surface area contributed by atoms with Crippen LogP contribution < -0.4 is 14.2 Å². The molecule has 6 heteroatoms. The topological polar surface area (TPSA) is 66.3 Å². The average molecular weight is 381 g/mol. The highest BCUT2D eigenvalue weighted by atomic mass is 16.6. The molecule has 0 radical (unpaired) electrons. The first-order valence-corrected chi connectivity index (χ1v) is 9.12. The van der Waals surface area contributed by atoms with Gasteiger partial charge in [-0.2, -0.15) is 0 Å². The molecule has 2 aromatic carbocycles. The second-order valence-corrected chi connectivity index (χ2v) is 6.18. The lowest BCUT2D eigenvalue weighted by molar-refractivity contribution is -0.129. The zero-order valence-electron chi connectivity index (χ0n) is 16.2. The molecule has 6 nitrogen and oxygen atoms in total. The van der Waals surface area contributed by atoms with Crippen LogP contribution in [0.4, 0.5) is 0 Å². The van der Waals surface area contributed by atoms with Gasteiger partial charge in [0.2, 0.25) is 5.90 Å². The molecule has 146 valence electrons. The van der Waals surface area contributed by atoms with E-state index in [9.17, 15) is 4.79 Å². The maximum Gasteiger partial charge on any atom is 0.363 e. The molecule has 1 aliphatic rings. The molecule has 2 aromatic rings. The molecule has 3 rings (SSSR count). The summed E-state index contributed by atoms with van der Waals surface area (Å²) in [6.07, 6.45) is 3.75. The molecule has 0 aliphatic carbocycles. The third-order valence-corrected chi connectivity index (χ3v) is 4.20. The Bertz CT molecular complexity index is 900. The highest BCUT2D eigenvalue weighted by Gasteiger charge is 2.24. The fourth-order valence-corrected chi connectivity index (χ4v) is 2.66. The zero-order chi connectivity index (χ0) is 19.9.